The third-order valence-electron chi connectivity index (χ3n) is 7.00. The number of ketones is 1. The van der Waals surface area contributed by atoms with Gasteiger partial charge in [-0.3, -0.25) is 4.79 Å². The predicted octanol–water partition coefficient (Wildman–Crippen LogP) is 5.77. The van der Waals surface area contributed by atoms with E-state index in [1.807, 2.05) is 63.2 Å². The molecule has 1 aliphatic carbocycles. The van der Waals surface area contributed by atoms with Crippen molar-refractivity contribution < 1.29 is 23.8 Å². The van der Waals surface area contributed by atoms with Crippen molar-refractivity contribution in [2.24, 2.45) is 0 Å². The molecule has 2 aromatic carbocycles. The first kappa shape index (κ1) is 23.5. The molecular formula is C28H28ClNO5. The highest BCUT2D eigenvalue weighted by Crippen LogP contribution is 2.47. The molecule has 2 heterocycles. The smallest absolute Gasteiger partial charge is 0.337 e. The number of benzene rings is 2. The molecule has 7 heteroatoms. The fraction of sp³-hybridized carbons (Fsp3) is 0.357. The number of rotatable bonds is 5. The number of hydrogen-bond acceptors (Lipinski definition) is 6. The zero-order chi connectivity index (χ0) is 24.7. The SMILES string of the molecule is CC[C@H](C)OC(=O)C1=C(C)NC2=C(C(=O)C[C@H](c3ccc(Cl)cc3)C2)[C@H]1c1ccc2c(c1)OCO2. The fourth-order valence-corrected chi connectivity index (χ4v) is 5.16. The molecule has 35 heavy (non-hydrogen) atoms. The molecule has 0 saturated heterocycles. The van der Waals surface area contributed by atoms with E-state index in [1.54, 1.807) is 0 Å². The lowest BCUT2D eigenvalue weighted by atomic mass is 9.71. The van der Waals surface area contributed by atoms with Crippen molar-refractivity contribution in [3.63, 3.8) is 0 Å². The van der Waals surface area contributed by atoms with Crippen LogP contribution in [0.4, 0.5) is 0 Å². The van der Waals surface area contributed by atoms with E-state index in [0.717, 1.165) is 16.8 Å². The van der Waals surface area contributed by atoms with Gasteiger partial charge in [0.05, 0.1) is 11.7 Å². The van der Waals surface area contributed by atoms with Gasteiger partial charge in [0.25, 0.3) is 0 Å². The summed E-state index contributed by atoms with van der Waals surface area (Å²) in [7, 11) is 0. The standard InChI is InChI=1S/C28H28ClNO5/c1-4-15(2)35-28(32)25-16(3)30-21-11-19(17-5-8-20(29)9-6-17)12-22(31)27(21)26(25)18-7-10-23-24(13-18)34-14-33-23/h5-10,13,15,19,26,30H,4,11-12,14H2,1-3H3/t15-,19+,26-/m0/s1. The number of carbonyl (C=O) groups excluding carboxylic acids is 2. The Morgan fingerprint density at radius 2 is 1.83 bits per heavy atom. The van der Waals surface area contributed by atoms with E-state index < -0.39 is 11.9 Å². The Morgan fingerprint density at radius 1 is 1.11 bits per heavy atom. The number of nitrogens with one attached hydrogen (secondary N) is 1. The van der Waals surface area contributed by atoms with E-state index in [2.05, 4.69) is 5.32 Å². The zero-order valence-corrected chi connectivity index (χ0v) is 20.8. The van der Waals surface area contributed by atoms with Gasteiger partial charge in [-0.2, -0.15) is 0 Å². The van der Waals surface area contributed by atoms with Gasteiger partial charge in [0.2, 0.25) is 6.79 Å². The third-order valence-corrected chi connectivity index (χ3v) is 7.25. The minimum atomic E-state index is -0.545. The van der Waals surface area contributed by atoms with Crippen LogP contribution in [-0.4, -0.2) is 24.6 Å². The topological polar surface area (TPSA) is 73.9 Å². The normalized spacial score (nSPS) is 22.0. The van der Waals surface area contributed by atoms with Crippen molar-refractivity contribution >= 4 is 23.4 Å². The molecule has 5 rings (SSSR count). The van der Waals surface area contributed by atoms with Crippen LogP contribution in [0.3, 0.4) is 0 Å². The molecule has 0 aromatic heterocycles. The van der Waals surface area contributed by atoms with Crippen LogP contribution in [0.1, 0.15) is 63.0 Å². The summed E-state index contributed by atoms with van der Waals surface area (Å²) in [5.41, 5.74) is 4.50. The maximum Gasteiger partial charge on any atom is 0.337 e. The van der Waals surface area contributed by atoms with Crippen LogP contribution in [0, 0.1) is 0 Å². The second-order valence-electron chi connectivity index (χ2n) is 9.31. The molecule has 1 N–H and O–H groups in total. The second-order valence-corrected chi connectivity index (χ2v) is 9.74. The average Bonchev–Trinajstić information content (AvgIpc) is 3.31. The number of hydrogen-bond donors (Lipinski definition) is 1. The Morgan fingerprint density at radius 3 is 2.57 bits per heavy atom. The highest BCUT2D eigenvalue weighted by atomic mass is 35.5. The van der Waals surface area contributed by atoms with Crippen LogP contribution in [0.2, 0.25) is 5.02 Å². The number of fused-ring (bicyclic) bond motifs is 1. The van der Waals surface area contributed by atoms with Gasteiger partial charge in [-0.25, -0.2) is 4.79 Å². The van der Waals surface area contributed by atoms with Crippen LogP contribution < -0.4 is 14.8 Å². The maximum atomic E-state index is 13.7. The summed E-state index contributed by atoms with van der Waals surface area (Å²) >= 11 is 6.07. The van der Waals surface area contributed by atoms with Gasteiger partial charge in [-0.15, -0.1) is 0 Å². The number of ether oxygens (including phenoxy) is 3. The molecule has 0 amide bonds. The van der Waals surface area contributed by atoms with Crippen LogP contribution in [0.25, 0.3) is 0 Å². The van der Waals surface area contributed by atoms with E-state index in [0.29, 0.717) is 52.6 Å². The Labute approximate surface area is 209 Å². The Kier molecular flexibility index (Phi) is 6.32. The minimum absolute atomic E-state index is 0.0164. The molecular weight excluding hydrogens is 466 g/mol. The first-order valence-corrected chi connectivity index (χ1v) is 12.3. The van der Waals surface area contributed by atoms with E-state index in [4.69, 9.17) is 25.8 Å². The molecule has 182 valence electrons. The number of Topliss-reactive ketones (excluding diaryl/α,β-unsaturated/α-hetero) is 1. The summed E-state index contributed by atoms with van der Waals surface area (Å²) in [5, 5.41) is 4.05. The summed E-state index contributed by atoms with van der Waals surface area (Å²) < 4.78 is 16.8. The molecule has 0 fully saturated rings. The Bertz CT molecular complexity index is 1250. The summed E-state index contributed by atoms with van der Waals surface area (Å²) in [6.07, 6.45) is 1.49. The lowest BCUT2D eigenvalue weighted by molar-refractivity contribution is -0.144. The summed E-state index contributed by atoms with van der Waals surface area (Å²) in [4.78, 5) is 27.1. The maximum absolute atomic E-state index is 13.7. The molecule has 2 aliphatic heterocycles. The molecule has 2 aromatic rings. The van der Waals surface area contributed by atoms with Gasteiger partial charge >= 0.3 is 5.97 Å². The predicted molar refractivity (Wildman–Crippen MR) is 132 cm³/mol. The quantitative estimate of drug-likeness (QED) is 0.533. The molecule has 6 nitrogen and oxygen atoms in total. The number of esters is 1. The van der Waals surface area contributed by atoms with Gasteiger partial charge in [-0.05, 0) is 68.0 Å². The van der Waals surface area contributed by atoms with E-state index in [9.17, 15) is 9.59 Å². The first-order valence-electron chi connectivity index (χ1n) is 12.0. The van der Waals surface area contributed by atoms with Crippen molar-refractivity contribution in [3.05, 3.63) is 81.2 Å². The second kappa shape index (κ2) is 9.42. The molecule has 3 aliphatic rings. The molecule has 0 saturated carbocycles. The highest BCUT2D eigenvalue weighted by Gasteiger charge is 2.42. The van der Waals surface area contributed by atoms with Crippen molar-refractivity contribution in [2.75, 3.05) is 6.79 Å². The average molecular weight is 494 g/mol. The monoisotopic (exact) mass is 493 g/mol. The van der Waals surface area contributed by atoms with E-state index >= 15 is 0 Å². The highest BCUT2D eigenvalue weighted by molar-refractivity contribution is 6.30. The van der Waals surface area contributed by atoms with Crippen LogP contribution in [0.15, 0.2) is 65.0 Å². The van der Waals surface area contributed by atoms with Gasteiger partial charge in [0, 0.05) is 34.3 Å². The fourth-order valence-electron chi connectivity index (χ4n) is 5.04. The summed E-state index contributed by atoms with van der Waals surface area (Å²) in [6, 6.07) is 13.2. The number of allylic oxidation sites excluding steroid dienone is 3. The van der Waals surface area contributed by atoms with Crippen molar-refractivity contribution in [1.82, 2.24) is 5.32 Å². The molecule has 0 unspecified atom stereocenters. The van der Waals surface area contributed by atoms with E-state index in [1.165, 1.54) is 0 Å². The Balaban J connectivity index is 1.58. The molecule has 0 radical (unpaired) electrons. The lowest BCUT2D eigenvalue weighted by Crippen LogP contribution is -2.36. The summed E-state index contributed by atoms with van der Waals surface area (Å²) in [6.45, 7) is 5.86. The Hall–Kier alpha value is -3.25. The minimum Gasteiger partial charge on any atom is -0.459 e. The molecule has 0 spiro atoms. The zero-order valence-electron chi connectivity index (χ0n) is 20.0. The number of carbonyl (C=O) groups is 2. The first-order chi connectivity index (χ1) is 16.9. The lowest BCUT2D eigenvalue weighted by Gasteiger charge is -2.37. The molecule has 0 bridgehead atoms. The van der Waals surface area contributed by atoms with Gasteiger partial charge < -0.3 is 19.5 Å². The molecule has 3 atom stereocenters. The summed E-state index contributed by atoms with van der Waals surface area (Å²) in [5.74, 6) is 0.353. The number of halogens is 1. The van der Waals surface area contributed by atoms with Gasteiger partial charge in [0.1, 0.15) is 0 Å². The van der Waals surface area contributed by atoms with Gasteiger partial charge in [-0.1, -0.05) is 36.7 Å². The van der Waals surface area contributed by atoms with E-state index in [-0.39, 0.29) is 24.6 Å². The van der Waals surface area contributed by atoms with Crippen LogP contribution >= 0.6 is 11.6 Å². The van der Waals surface area contributed by atoms with Crippen molar-refractivity contribution in [1.29, 1.82) is 0 Å². The van der Waals surface area contributed by atoms with Crippen LogP contribution in [0.5, 0.6) is 11.5 Å². The van der Waals surface area contributed by atoms with Crippen molar-refractivity contribution in [2.45, 2.75) is 58.0 Å². The van der Waals surface area contributed by atoms with Crippen LogP contribution in [-0.2, 0) is 14.3 Å². The van der Waals surface area contributed by atoms with Gasteiger partial charge in [0.15, 0.2) is 17.3 Å². The van der Waals surface area contributed by atoms with Crippen molar-refractivity contribution in [3.8, 4) is 11.5 Å². The number of dihydropyridines is 1. The third kappa shape index (κ3) is 4.43. The largest absolute Gasteiger partial charge is 0.459 e.